The van der Waals surface area contributed by atoms with Gasteiger partial charge in [-0.25, -0.2) is 0 Å². The number of amides is 1. The van der Waals surface area contributed by atoms with Crippen LogP contribution in [0.2, 0.25) is 0 Å². The minimum atomic E-state index is -0.141. The maximum Gasteiger partial charge on any atom is 0.286 e. The van der Waals surface area contributed by atoms with E-state index in [1.165, 1.54) is 22.2 Å². The first kappa shape index (κ1) is 18.7. The second kappa shape index (κ2) is 8.52. The van der Waals surface area contributed by atoms with Crippen LogP contribution in [0.5, 0.6) is 0 Å². The van der Waals surface area contributed by atoms with E-state index in [4.69, 9.17) is 5.26 Å². The van der Waals surface area contributed by atoms with E-state index in [9.17, 15) is 4.79 Å². The van der Waals surface area contributed by atoms with E-state index in [0.29, 0.717) is 17.2 Å². The molecule has 6 heteroatoms. The van der Waals surface area contributed by atoms with Crippen molar-refractivity contribution in [3.63, 3.8) is 0 Å². The van der Waals surface area contributed by atoms with Crippen molar-refractivity contribution < 1.29 is 9.69 Å². The molecule has 0 radical (unpaired) electrons. The monoisotopic (exact) mass is 369 g/mol. The van der Waals surface area contributed by atoms with Crippen molar-refractivity contribution in [2.45, 2.75) is 26.2 Å². The van der Waals surface area contributed by atoms with Crippen molar-refractivity contribution >= 4 is 28.9 Å². The number of carbonyl (C=O) groups is 1. The second-order valence-electron chi connectivity index (χ2n) is 7.03. The van der Waals surface area contributed by atoms with E-state index in [2.05, 4.69) is 54.1 Å². The summed E-state index contributed by atoms with van der Waals surface area (Å²) in [6, 6.07) is 10.6. The number of thioether (sulfide) groups is 1. The number of rotatable bonds is 4. The maximum atomic E-state index is 12.3. The number of carbonyl (C=O) groups excluding carboxylic acids is 1. The van der Waals surface area contributed by atoms with Gasteiger partial charge in [-0.3, -0.25) is 4.79 Å². The van der Waals surface area contributed by atoms with Crippen LogP contribution in [0, 0.1) is 11.3 Å². The summed E-state index contributed by atoms with van der Waals surface area (Å²) < 4.78 is 0. The molecule has 1 saturated heterocycles. The Morgan fingerprint density at radius 3 is 2.62 bits per heavy atom. The molecule has 2 aliphatic heterocycles. The van der Waals surface area contributed by atoms with Gasteiger partial charge >= 0.3 is 0 Å². The third-order valence-corrected chi connectivity index (χ3v) is 5.89. The summed E-state index contributed by atoms with van der Waals surface area (Å²) >= 11 is 1.48. The van der Waals surface area contributed by atoms with Gasteiger partial charge < -0.3 is 9.80 Å². The van der Waals surface area contributed by atoms with Gasteiger partial charge in [-0.05, 0) is 34.9 Å². The van der Waals surface area contributed by atoms with Gasteiger partial charge in [0.2, 0.25) is 0 Å². The van der Waals surface area contributed by atoms with Gasteiger partial charge in [-0.15, -0.1) is 0 Å². The molecule has 0 atom stereocenters. The fourth-order valence-electron chi connectivity index (χ4n) is 3.16. The predicted octanol–water partition coefficient (Wildman–Crippen LogP) is 1.89. The highest BCUT2D eigenvalue weighted by Gasteiger charge is 2.29. The topological polar surface area (TPSA) is 60.9 Å². The maximum absolute atomic E-state index is 12.3. The molecule has 26 heavy (non-hydrogen) atoms. The van der Waals surface area contributed by atoms with Crippen molar-refractivity contribution in [1.82, 2.24) is 4.90 Å². The van der Waals surface area contributed by atoms with Gasteiger partial charge in [0.05, 0.1) is 50.1 Å². The fraction of sp³-hybridized carbons (Fsp3) is 0.450. The van der Waals surface area contributed by atoms with E-state index in [-0.39, 0.29) is 5.91 Å². The number of nitrogens with one attached hydrogen (secondary N) is 1. The smallest absolute Gasteiger partial charge is 0.286 e. The summed E-state index contributed by atoms with van der Waals surface area (Å²) in [5.41, 5.74) is 2.33. The van der Waals surface area contributed by atoms with E-state index in [1.807, 2.05) is 6.08 Å². The molecule has 0 unspecified atom stereocenters. The molecule has 5 nitrogen and oxygen atoms in total. The fourth-order valence-corrected chi connectivity index (χ4v) is 4.12. The molecule has 1 aromatic carbocycles. The summed E-state index contributed by atoms with van der Waals surface area (Å²) in [7, 11) is 0. The van der Waals surface area contributed by atoms with Crippen LogP contribution in [-0.2, 0) is 4.79 Å². The molecule has 1 amide bonds. The number of hydrogen-bond acceptors (Lipinski definition) is 4. The Morgan fingerprint density at radius 2 is 2.00 bits per heavy atom. The van der Waals surface area contributed by atoms with E-state index in [1.54, 1.807) is 0 Å². The lowest BCUT2D eigenvalue weighted by atomic mass is 10.0. The molecule has 0 aliphatic carbocycles. The Balaban J connectivity index is 1.60. The lowest BCUT2D eigenvalue weighted by Crippen LogP contribution is -3.14. The number of quaternary nitrogens is 1. The molecule has 3 rings (SSSR count). The molecular weight excluding hydrogens is 344 g/mol. The molecular formula is C20H25N4OS+. The van der Waals surface area contributed by atoms with Crippen LogP contribution in [0.3, 0.4) is 0 Å². The van der Waals surface area contributed by atoms with Crippen molar-refractivity contribution in [2.24, 2.45) is 4.99 Å². The zero-order valence-corrected chi connectivity index (χ0v) is 16.2. The lowest BCUT2D eigenvalue weighted by molar-refractivity contribution is -0.903. The normalized spacial score (nSPS) is 19.9. The van der Waals surface area contributed by atoms with Crippen LogP contribution in [-0.4, -0.2) is 48.7 Å². The van der Waals surface area contributed by atoms with Crippen LogP contribution < -0.4 is 4.90 Å². The number of piperazine rings is 1. The van der Waals surface area contributed by atoms with E-state index in [0.717, 1.165) is 43.5 Å². The summed E-state index contributed by atoms with van der Waals surface area (Å²) in [5.74, 6) is 0.361. The van der Waals surface area contributed by atoms with Crippen LogP contribution in [0.25, 0.3) is 6.08 Å². The Morgan fingerprint density at radius 1 is 1.31 bits per heavy atom. The predicted molar refractivity (Wildman–Crippen MR) is 106 cm³/mol. The number of hydrogen-bond donors (Lipinski definition) is 1. The first-order valence-corrected chi connectivity index (χ1v) is 9.96. The standard InChI is InChI=1S/C20H24N4OS/c1-15(2)17-6-4-16(5-7-17)14-18-19(25)22-20(26-18)24-12-10-23(11-13-24)9-3-8-21/h4-7,14-15H,3,9-13H2,1-2H3/p+1/b18-14-. The Kier molecular flexibility index (Phi) is 6.12. The van der Waals surface area contributed by atoms with Crippen molar-refractivity contribution in [1.29, 1.82) is 5.26 Å². The number of nitriles is 1. The largest absolute Gasteiger partial charge is 0.339 e. The second-order valence-corrected chi connectivity index (χ2v) is 8.04. The highest BCUT2D eigenvalue weighted by atomic mass is 32.2. The third-order valence-electron chi connectivity index (χ3n) is 4.84. The van der Waals surface area contributed by atoms with Crippen molar-refractivity contribution in [2.75, 3.05) is 32.7 Å². The van der Waals surface area contributed by atoms with Gasteiger partial charge in [0, 0.05) is 0 Å². The zero-order chi connectivity index (χ0) is 18.5. The van der Waals surface area contributed by atoms with E-state index < -0.39 is 0 Å². The van der Waals surface area contributed by atoms with Crippen molar-refractivity contribution in [3.05, 3.63) is 40.3 Å². The SMILES string of the molecule is CC(C)c1ccc(/C=C2\SC(N3CC[NH+](CCC#N)CC3)=NC2=O)cc1. The quantitative estimate of drug-likeness (QED) is 0.824. The van der Waals surface area contributed by atoms with Crippen LogP contribution >= 0.6 is 11.8 Å². The Hall–Kier alpha value is -2.10. The van der Waals surface area contributed by atoms with Gasteiger partial charge in [0.1, 0.15) is 0 Å². The lowest BCUT2D eigenvalue weighted by Gasteiger charge is -2.32. The zero-order valence-electron chi connectivity index (χ0n) is 15.4. The molecule has 2 aliphatic rings. The average Bonchev–Trinajstić information content (AvgIpc) is 3.01. The molecule has 0 saturated carbocycles. The summed E-state index contributed by atoms with van der Waals surface area (Å²) in [6.07, 6.45) is 2.54. The summed E-state index contributed by atoms with van der Waals surface area (Å²) in [4.78, 5) is 20.9. The van der Waals surface area contributed by atoms with Gasteiger partial charge in [-0.2, -0.15) is 10.3 Å². The minimum absolute atomic E-state index is 0.141. The summed E-state index contributed by atoms with van der Waals surface area (Å²) in [5, 5.41) is 9.52. The molecule has 136 valence electrons. The van der Waals surface area contributed by atoms with Gasteiger partial charge in [-0.1, -0.05) is 38.1 Å². The third kappa shape index (κ3) is 4.54. The molecule has 1 fully saturated rings. The molecule has 0 aromatic heterocycles. The number of nitrogens with zero attached hydrogens (tertiary/aromatic N) is 3. The van der Waals surface area contributed by atoms with Crippen LogP contribution in [0.4, 0.5) is 0 Å². The summed E-state index contributed by atoms with van der Waals surface area (Å²) in [6.45, 7) is 9.00. The minimum Gasteiger partial charge on any atom is -0.339 e. The first-order chi connectivity index (χ1) is 12.6. The number of amidine groups is 1. The Labute approximate surface area is 159 Å². The molecule has 1 aromatic rings. The van der Waals surface area contributed by atoms with E-state index >= 15 is 0 Å². The number of aliphatic imine (C=N–C) groups is 1. The number of benzene rings is 1. The first-order valence-electron chi connectivity index (χ1n) is 9.15. The molecule has 0 spiro atoms. The van der Waals surface area contributed by atoms with Crippen molar-refractivity contribution in [3.8, 4) is 6.07 Å². The highest BCUT2D eigenvalue weighted by molar-refractivity contribution is 8.18. The average molecular weight is 370 g/mol. The highest BCUT2D eigenvalue weighted by Crippen LogP contribution is 2.30. The van der Waals surface area contributed by atoms with Gasteiger partial charge in [0.15, 0.2) is 5.17 Å². The van der Waals surface area contributed by atoms with Crippen LogP contribution in [0.1, 0.15) is 37.3 Å². The van der Waals surface area contributed by atoms with Crippen LogP contribution in [0.15, 0.2) is 34.2 Å². The molecule has 1 N–H and O–H groups in total. The molecule has 0 bridgehead atoms. The Bertz CT molecular complexity index is 753. The van der Waals surface area contributed by atoms with Gasteiger partial charge in [0.25, 0.3) is 5.91 Å². The molecule has 2 heterocycles.